The third kappa shape index (κ3) is 11.4. The summed E-state index contributed by atoms with van der Waals surface area (Å²) in [5.74, 6) is 1.84. The van der Waals surface area contributed by atoms with E-state index in [1.165, 1.54) is 26.7 Å². The molecule has 0 atom stereocenters. The van der Waals surface area contributed by atoms with Crippen molar-refractivity contribution < 1.29 is 28.4 Å². The van der Waals surface area contributed by atoms with Crippen LogP contribution in [-0.2, 0) is 35.5 Å². The monoisotopic (exact) mass is 613 g/mol. The third-order valence-electron chi connectivity index (χ3n) is 4.52. The summed E-state index contributed by atoms with van der Waals surface area (Å²) in [5.41, 5.74) is 0. The molecule has 1 aromatic rings. The van der Waals surface area contributed by atoms with Crippen LogP contribution < -0.4 is 0 Å². The second-order valence-electron chi connectivity index (χ2n) is 7.34. The van der Waals surface area contributed by atoms with Gasteiger partial charge in [0.25, 0.3) is 0 Å². The van der Waals surface area contributed by atoms with Gasteiger partial charge in [0.2, 0.25) is 0 Å². The van der Waals surface area contributed by atoms with Crippen molar-refractivity contribution in [1.29, 1.82) is 0 Å². The van der Waals surface area contributed by atoms with Gasteiger partial charge in [-0.1, -0.05) is 47.0 Å². The summed E-state index contributed by atoms with van der Waals surface area (Å²) in [6.45, 7) is 6.30. The maximum atomic E-state index is 5.74. The predicted octanol–water partition coefficient (Wildman–Crippen LogP) is 5.78. The molecule has 3 rings (SSSR count). The van der Waals surface area contributed by atoms with Crippen molar-refractivity contribution in [2.75, 3.05) is 91.8 Å². The van der Waals surface area contributed by atoms with E-state index in [-0.39, 0.29) is 0 Å². The van der Waals surface area contributed by atoms with Gasteiger partial charge in [-0.15, -0.1) is 23.5 Å². The SMILES string of the molecule is COCCOCCOCCSC1=C(SCCOCCOCCOC)SC(=C2Sc3cn(C)cc3S2)S1. The Bertz CT molecular complexity index is 788. The second kappa shape index (κ2) is 18.8. The lowest BCUT2D eigenvalue weighted by molar-refractivity contribution is 0.0286. The van der Waals surface area contributed by atoms with E-state index in [9.17, 15) is 0 Å². The van der Waals surface area contributed by atoms with Crippen LogP contribution in [0, 0.1) is 0 Å². The third-order valence-corrected chi connectivity index (χ3v) is 13.0. The van der Waals surface area contributed by atoms with Crippen molar-refractivity contribution in [3.63, 3.8) is 0 Å². The number of hydrogen-bond acceptors (Lipinski definition) is 12. The summed E-state index contributed by atoms with van der Waals surface area (Å²) in [7, 11) is 5.43. The summed E-state index contributed by atoms with van der Waals surface area (Å²) in [4.78, 5) is 2.70. The molecule has 7 nitrogen and oxygen atoms in total. The number of ether oxygens (including phenoxy) is 6. The molecule has 1 aromatic heterocycles. The van der Waals surface area contributed by atoms with Gasteiger partial charge < -0.3 is 33.0 Å². The van der Waals surface area contributed by atoms with Gasteiger partial charge in [-0.05, 0) is 0 Å². The van der Waals surface area contributed by atoms with E-state index in [1.807, 2.05) is 70.6 Å². The van der Waals surface area contributed by atoms with E-state index in [1.54, 1.807) is 14.2 Å². The minimum Gasteiger partial charge on any atom is -0.382 e. The van der Waals surface area contributed by atoms with E-state index in [4.69, 9.17) is 28.4 Å². The Kier molecular flexibility index (Phi) is 16.3. The molecular formula is C23H35NO6S6. The van der Waals surface area contributed by atoms with E-state index in [2.05, 4.69) is 24.0 Å². The summed E-state index contributed by atoms with van der Waals surface area (Å²) in [6.07, 6.45) is 4.41. The molecule has 0 spiro atoms. The summed E-state index contributed by atoms with van der Waals surface area (Å²) >= 11 is 11.3. The van der Waals surface area contributed by atoms with Gasteiger partial charge in [-0.25, -0.2) is 0 Å². The van der Waals surface area contributed by atoms with Crippen molar-refractivity contribution in [2.45, 2.75) is 9.79 Å². The van der Waals surface area contributed by atoms with Crippen LogP contribution in [0.3, 0.4) is 0 Å². The first-order valence-corrected chi connectivity index (χ1v) is 16.8. The van der Waals surface area contributed by atoms with E-state index < -0.39 is 0 Å². The predicted molar refractivity (Wildman–Crippen MR) is 158 cm³/mol. The van der Waals surface area contributed by atoms with Gasteiger partial charge in [-0.3, -0.25) is 0 Å². The number of aromatic nitrogens is 1. The summed E-state index contributed by atoms with van der Waals surface area (Å²) in [6, 6.07) is 0. The molecule has 0 radical (unpaired) electrons. The highest BCUT2D eigenvalue weighted by Gasteiger charge is 2.29. The van der Waals surface area contributed by atoms with Crippen LogP contribution in [0.25, 0.3) is 0 Å². The van der Waals surface area contributed by atoms with Crippen LogP contribution in [0.15, 0.2) is 39.1 Å². The number of hydrogen-bond donors (Lipinski definition) is 0. The van der Waals surface area contributed by atoms with Gasteiger partial charge >= 0.3 is 0 Å². The van der Waals surface area contributed by atoms with Gasteiger partial charge in [0.15, 0.2) is 0 Å². The zero-order chi connectivity index (χ0) is 25.4. The van der Waals surface area contributed by atoms with Gasteiger partial charge in [0, 0.05) is 55.0 Å². The normalized spacial score (nSPS) is 15.5. The van der Waals surface area contributed by atoms with Crippen LogP contribution in [-0.4, -0.2) is 96.4 Å². The lowest BCUT2D eigenvalue weighted by Gasteiger charge is -2.07. The molecule has 0 bridgehead atoms. The lowest BCUT2D eigenvalue weighted by atomic mass is 10.7. The number of aryl methyl sites for hydroxylation is 1. The zero-order valence-corrected chi connectivity index (χ0v) is 25.9. The maximum absolute atomic E-state index is 5.74. The molecule has 0 N–H and O–H groups in total. The first kappa shape index (κ1) is 31.2. The highest BCUT2D eigenvalue weighted by atomic mass is 32.3. The van der Waals surface area contributed by atoms with Crippen LogP contribution >= 0.6 is 70.6 Å². The molecule has 0 saturated carbocycles. The Hall–Kier alpha value is 0.620. The first-order valence-electron chi connectivity index (χ1n) is 11.6. The van der Waals surface area contributed by atoms with Gasteiger partial charge in [0.05, 0.1) is 83.0 Å². The second-order valence-corrected chi connectivity index (χ2v) is 14.7. The van der Waals surface area contributed by atoms with Crippen LogP contribution in [0.4, 0.5) is 0 Å². The Morgan fingerprint density at radius 2 is 0.972 bits per heavy atom. The minimum atomic E-state index is 0.603. The molecule has 0 unspecified atom stereocenters. The largest absolute Gasteiger partial charge is 0.382 e. The van der Waals surface area contributed by atoms with Crippen molar-refractivity contribution in [3.05, 3.63) is 29.3 Å². The average Bonchev–Trinajstić information content (AvgIpc) is 3.55. The first-order chi connectivity index (χ1) is 17.7. The molecule has 3 heterocycles. The fraction of sp³-hybridized carbons (Fsp3) is 0.652. The quantitative estimate of drug-likeness (QED) is 0.168. The van der Waals surface area contributed by atoms with Gasteiger partial charge in [-0.2, -0.15) is 0 Å². The average molecular weight is 614 g/mol. The standard InChI is InChI=1S/C23H35NO6S6/c1-24-16-18-19(17-24)34-22(33-18)23-35-20(31-14-12-29-10-8-27-6-4-25-2)21(36-23)32-15-13-30-11-9-28-7-5-26-3/h16-17H,4-15H2,1-3H3. The molecule has 0 aromatic carbocycles. The molecule has 13 heteroatoms. The van der Waals surface area contributed by atoms with Crippen molar-refractivity contribution >= 4 is 70.6 Å². The van der Waals surface area contributed by atoms with Crippen LogP contribution in [0.2, 0.25) is 0 Å². The molecule has 204 valence electrons. The van der Waals surface area contributed by atoms with E-state index >= 15 is 0 Å². The van der Waals surface area contributed by atoms with Crippen molar-refractivity contribution in [2.24, 2.45) is 7.05 Å². The number of fused-ring (bicyclic) bond motifs is 1. The summed E-state index contributed by atoms with van der Waals surface area (Å²) in [5, 5.41) is 0. The fourth-order valence-corrected chi connectivity index (χ4v) is 11.4. The molecule has 0 aliphatic carbocycles. The molecular weight excluding hydrogens is 579 g/mol. The minimum absolute atomic E-state index is 0.603. The highest BCUT2D eigenvalue weighted by molar-refractivity contribution is 8.42. The summed E-state index contributed by atoms with van der Waals surface area (Å²) < 4.78 is 40.0. The lowest BCUT2D eigenvalue weighted by Crippen LogP contribution is -2.09. The van der Waals surface area contributed by atoms with Crippen molar-refractivity contribution in [3.8, 4) is 0 Å². The van der Waals surface area contributed by atoms with Crippen molar-refractivity contribution in [1.82, 2.24) is 4.57 Å². The number of nitrogens with zero attached hydrogens (tertiary/aromatic N) is 1. The smallest absolute Gasteiger partial charge is 0.0717 e. The maximum Gasteiger partial charge on any atom is 0.0717 e. The molecule has 2 aliphatic heterocycles. The molecule has 36 heavy (non-hydrogen) atoms. The van der Waals surface area contributed by atoms with E-state index in [0.717, 1.165) is 11.5 Å². The zero-order valence-electron chi connectivity index (χ0n) is 21.0. The Balaban J connectivity index is 1.41. The molecule has 0 amide bonds. The van der Waals surface area contributed by atoms with E-state index in [0.29, 0.717) is 66.1 Å². The Morgan fingerprint density at radius 1 is 0.583 bits per heavy atom. The van der Waals surface area contributed by atoms with Crippen LogP contribution in [0.1, 0.15) is 0 Å². The Labute approximate surface area is 240 Å². The number of methoxy groups -OCH3 is 2. The number of thioether (sulfide) groups is 6. The Morgan fingerprint density at radius 3 is 1.42 bits per heavy atom. The molecule has 0 saturated heterocycles. The molecule has 0 fully saturated rings. The van der Waals surface area contributed by atoms with Gasteiger partial charge in [0.1, 0.15) is 0 Å². The highest BCUT2D eigenvalue weighted by Crippen LogP contribution is 2.64. The van der Waals surface area contributed by atoms with Crippen LogP contribution in [0.5, 0.6) is 0 Å². The molecule has 2 aliphatic rings. The topological polar surface area (TPSA) is 60.3 Å². The number of rotatable bonds is 20. The fourth-order valence-electron chi connectivity index (χ4n) is 2.84.